The SMILES string of the molecule is Cc1cc(CC(NN)C(C)C2CC2)n(C)n1. The van der Waals surface area contributed by atoms with Gasteiger partial charge in [-0.3, -0.25) is 16.0 Å². The smallest absolute Gasteiger partial charge is 0.0596 e. The van der Waals surface area contributed by atoms with Crippen LogP contribution in [0.4, 0.5) is 0 Å². The average molecular weight is 222 g/mol. The lowest BCUT2D eigenvalue weighted by Gasteiger charge is -2.22. The Hall–Kier alpha value is -0.870. The van der Waals surface area contributed by atoms with Crippen LogP contribution in [0.5, 0.6) is 0 Å². The van der Waals surface area contributed by atoms with E-state index in [2.05, 4.69) is 23.5 Å². The number of aromatic nitrogens is 2. The zero-order chi connectivity index (χ0) is 11.7. The molecule has 0 amide bonds. The molecule has 1 aromatic rings. The van der Waals surface area contributed by atoms with E-state index in [0.29, 0.717) is 12.0 Å². The van der Waals surface area contributed by atoms with Gasteiger partial charge in [-0.15, -0.1) is 0 Å². The number of nitrogens with zero attached hydrogens (tertiary/aromatic N) is 2. The molecule has 4 nitrogen and oxygen atoms in total. The van der Waals surface area contributed by atoms with E-state index in [4.69, 9.17) is 5.84 Å². The van der Waals surface area contributed by atoms with Crippen LogP contribution in [-0.2, 0) is 13.5 Å². The van der Waals surface area contributed by atoms with Crippen molar-refractivity contribution in [2.24, 2.45) is 24.7 Å². The molecular weight excluding hydrogens is 200 g/mol. The molecule has 1 aliphatic carbocycles. The first kappa shape index (κ1) is 11.6. The van der Waals surface area contributed by atoms with Crippen molar-refractivity contribution >= 4 is 0 Å². The molecule has 1 heterocycles. The van der Waals surface area contributed by atoms with Crippen molar-refractivity contribution in [3.63, 3.8) is 0 Å². The highest BCUT2D eigenvalue weighted by atomic mass is 15.3. The Bertz CT molecular complexity index is 354. The Balaban J connectivity index is 2.02. The summed E-state index contributed by atoms with van der Waals surface area (Å²) < 4.78 is 1.96. The molecule has 2 atom stereocenters. The highest BCUT2D eigenvalue weighted by Gasteiger charge is 2.33. The van der Waals surface area contributed by atoms with E-state index in [1.807, 2.05) is 18.7 Å². The van der Waals surface area contributed by atoms with Gasteiger partial charge < -0.3 is 0 Å². The van der Waals surface area contributed by atoms with Gasteiger partial charge in [-0.05, 0) is 37.7 Å². The Morgan fingerprint density at radius 2 is 2.31 bits per heavy atom. The van der Waals surface area contributed by atoms with Crippen LogP contribution in [-0.4, -0.2) is 15.8 Å². The fraction of sp³-hybridized carbons (Fsp3) is 0.750. The van der Waals surface area contributed by atoms with Gasteiger partial charge >= 0.3 is 0 Å². The lowest BCUT2D eigenvalue weighted by molar-refractivity contribution is 0.338. The van der Waals surface area contributed by atoms with Crippen LogP contribution in [0.25, 0.3) is 0 Å². The summed E-state index contributed by atoms with van der Waals surface area (Å²) in [6.45, 7) is 4.32. The lowest BCUT2D eigenvalue weighted by atomic mass is 9.93. The third-order valence-corrected chi connectivity index (χ3v) is 3.74. The quantitative estimate of drug-likeness (QED) is 0.580. The summed E-state index contributed by atoms with van der Waals surface area (Å²) in [5, 5.41) is 4.37. The summed E-state index contributed by atoms with van der Waals surface area (Å²) >= 11 is 0. The molecule has 0 aromatic carbocycles. The van der Waals surface area contributed by atoms with Crippen molar-refractivity contribution in [3.8, 4) is 0 Å². The van der Waals surface area contributed by atoms with E-state index in [9.17, 15) is 0 Å². The summed E-state index contributed by atoms with van der Waals surface area (Å²) in [4.78, 5) is 0. The van der Waals surface area contributed by atoms with E-state index >= 15 is 0 Å². The highest BCUT2D eigenvalue weighted by molar-refractivity contribution is 5.10. The van der Waals surface area contributed by atoms with Gasteiger partial charge in [0.25, 0.3) is 0 Å². The van der Waals surface area contributed by atoms with Crippen molar-refractivity contribution < 1.29 is 0 Å². The van der Waals surface area contributed by atoms with Crippen molar-refractivity contribution in [2.75, 3.05) is 0 Å². The largest absolute Gasteiger partial charge is 0.272 e. The van der Waals surface area contributed by atoms with E-state index < -0.39 is 0 Å². The molecule has 0 radical (unpaired) electrons. The highest BCUT2D eigenvalue weighted by Crippen LogP contribution is 2.38. The number of aryl methyl sites for hydroxylation is 2. The Labute approximate surface area is 97.2 Å². The number of nitrogens with one attached hydrogen (secondary N) is 1. The first-order valence-corrected chi connectivity index (χ1v) is 6.07. The molecule has 1 aliphatic rings. The summed E-state index contributed by atoms with van der Waals surface area (Å²) in [7, 11) is 2.00. The molecule has 2 rings (SSSR count). The molecule has 0 spiro atoms. The molecule has 90 valence electrons. The second-order valence-corrected chi connectivity index (χ2v) is 5.07. The maximum Gasteiger partial charge on any atom is 0.0596 e. The van der Waals surface area contributed by atoms with E-state index in [-0.39, 0.29) is 0 Å². The maximum atomic E-state index is 5.66. The minimum Gasteiger partial charge on any atom is -0.272 e. The van der Waals surface area contributed by atoms with E-state index in [0.717, 1.165) is 18.0 Å². The Morgan fingerprint density at radius 3 is 2.75 bits per heavy atom. The molecule has 2 unspecified atom stereocenters. The zero-order valence-corrected chi connectivity index (χ0v) is 10.4. The predicted molar refractivity (Wildman–Crippen MR) is 64.6 cm³/mol. The van der Waals surface area contributed by atoms with Gasteiger partial charge in [0.1, 0.15) is 0 Å². The summed E-state index contributed by atoms with van der Waals surface area (Å²) in [6.07, 6.45) is 3.69. The molecule has 16 heavy (non-hydrogen) atoms. The predicted octanol–water partition coefficient (Wildman–Crippen LogP) is 1.15. The maximum absolute atomic E-state index is 5.66. The van der Waals surface area contributed by atoms with Crippen LogP contribution >= 0.6 is 0 Å². The monoisotopic (exact) mass is 222 g/mol. The van der Waals surface area contributed by atoms with Gasteiger partial charge in [-0.2, -0.15) is 5.10 Å². The number of hydrogen-bond acceptors (Lipinski definition) is 3. The van der Waals surface area contributed by atoms with Crippen molar-refractivity contribution in [3.05, 3.63) is 17.5 Å². The second kappa shape index (κ2) is 4.55. The first-order valence-electron chi connectivity index (χ1n) is 6.07. The van der Waals surface area contributed by atoms with Crippen LogP contribution < -0.4 is 11.3 Å². The Morgan fingerprint density at radius 1 is 1.62 bits per heavy atom. The van der Waals surface area contributed by atoms with Crippen molar-refractivity contribution in [2.45, 2.75) is 39.2 Å². The third kappa shape index (κ3) is 2.44. The molecule has 3 N–H and O–H groups in total. The lowest BCUT2D eigenvalue weighted by Crippen LogP contribution is -2.42. The molecular formula is C12H22N4. The number of hydrazine groups is 1. The average Bonchev–Trinajstić information content (AvgIpc) is 3.02. The fourth-order valence-electron chi connectivity index (χ4n) is 2.43. The molecule has 0 aliphatic heterocycles. The van der Waals surface area contributed by atoms with Gasteiger partial charge in [0, 0.05) is 25.2 Å². The molecule has 1 aromatic heterocycles. The molecule has 4 heteroatoms. The number of rotatable bonds is 5. The molecule has 0 saturated heterocycles. The van der Waals surface area contributed by atoms with Crippen molar-refractivity contribution in [1.29, 1.82) is 0 Å². The Kier molecular flexibility index (Phi) is 3.30. The third-order valence-electron chi connectivity index (χ3n) is 3.74. The standard InChI is InChI=1S/C12H22N4/c1-8-6-11(16(3)15-8)7-12(14-13)9(2)10-4-5-10/h6,9-10,12,14H,4-5,7,13H2,1-3H3. The van der Waals surface area contributed by atoms with E-state index in [1.165, 1.54) is 18.5 Å². The first-order chi connectivity index (χ1) is 7.61. The normalized spacial score (nSPS) is 19.8. The topological polar surface area (TPSA) is 55.9 Å². The van der Waals surface area contributed by atoms with Crippen LogP contribution in [0.15, 0.2) is 6.07 Å². The minimum absolute atomic E-state index is 0.363. The van der Waals surface area contributed by atoms with Gasteiger partial charge in [-0.25, -0.2) is 0 Å². The van der Waals surface area contributed by atoms with Crippen molar-refractivity contribution in [1.82, 2.24) is 15.2 Å². The van der Waals surface area contributed by atoms with Gasteiger partial charge in [0.15, 0.2) is 0 Å². The fourth-order valence-corrected chi connectivity index (χ4v) is 2.43. The summed E-state index contributed by atoms with van der Waals surface area (Å²) in [5.74, 6) is 7.19. The van der Waals surface area contributed by atoms with Crippen LogP contribution in [0, 0.1) is 18.8 Å². The minimum atomic E-state index is 0.363. The van der Waals surface area contributed by atoms with Gasteiger partial charge in [-0.1, -0.05) is 6.92 Å². The number of hydrogen-bond donors (Lipinski definition) is 2. The van der Waals surface area contributed by atoms with Gasteiger partial charge in [0.05, 0.1) is 5.69 Å². The summed E-state index contributed by atoms with van der Waals surface area (Å²) in [5.41, 5.74) is 5.30. The molecule has 0 bridgehead atoms. The van der Waals surface area contributed by atoms with Crippen LogP contribution in [0.2, 0.25) is 0 Å². The van der Waals surface area contributed by atoms with Gasteiger partial charge in [0.2, 0.25) is 0 Å². The zero-order valence-electron chi connectivity index (χ0n) is 10.4. The van der Waals surface area contributed by atoms with Crippen LogP contribution in [0.1, 0.15) is 31.2 Å². The molecule has 1 saturated carbocycles. The van der Waals surface area contributed by atoms with Crippen LogP contribution in [0.3, 0.4) is 0 Å². The second-order valence-electron chi connectivity index (χ2n) is 5.07. The summed E-state index contributed by atoms with van der Waals surface area (Å²) in [6, 6.07) is 2.51. The number of nitrogens with two attached hydrogens (primary N) is 1. The molecule has 1 fully saturated rings. The van der Waals surface area contributed by atoms with E-state index in [1.54, 1.807) is 0 Å².